The second kappa shape index (κ2) is 6.06. The maximum absolute atomic E-state index is 4.88. The van der Waals surface area contributed by atoms with Crippen LogP contribution in [0.25, 0.3) is 5.65 Å². The van der Waals surface area contributed by atoms with E-state index in [9.17, 15) is 0 Å². The van der Waals surface area contributed by atoms with E-state index in [1.54, 1.807) is 0 Å². The van der Waals surface area contributed by atoms with Crippen molar-refractivity contribution >= 4 is 11.5 Å². The van der Waals surface area contributed by atoms with Gasteiger partial charge in [-0.3, -0.25) is 0 Å². The van der Waals surface area contributed by atoms with Gasteiger partial charge in [-0.15, -0.1) is 0 Å². The van der Waals surface area contributed by atoms with Gasteiger partial charge in [-0.05, 0) is 37.9 Å². The molecular weight excluding hydrogens is 260 g/mol. The third-order valence-corrected chi connectivity index (χ3v) is 4.74. The summed E-state index contributed by atoms with van der Waals surface area (Å²) in [6, 6.07) is 6.83. The first kappa shape index (κ1) is 14.4. The molecule has 0 aliphatic heterocycles. The van der Waals surface area contributed by atoms with Gasteiger partial charge >= 0.3 is 0 Å². The van der Waals surface area contributed by atoms with Crippen LogP contribution in [0.4, 0.5) is 5.82 Å². The van der Waals surface area contributed by atoms with Crippen molar-refractivity contribution in [1.29, 1.82) is 0 Å². The monoisotopic (exact) mass is 286 g/mol. The Hall–Kier alpha value is -1.55. The minimum absolute atomic E-state index is 0.620. The highest BCUT2D eigenvalue weighted by Gasteiger charge is 2.26. The van der Waals surface area contributed by atoms with Gasteiger partial charge in [0, 0.05) is 25.8 Å². The Morgan fingerprint density at radius 2 is 2.24 bits per heavy atom. The third-order valence-electron chi connectivity index (χ3n) is 4.74. The zero-order valence-corrected chi connectivity index (χ0v) is 13.3. The van der Waals surface area contributed by atoms with E-state index in [1.807, 2.05) is 7.05 Å². The van der Waals surface area contributed by atoms with Gasteiger partial charge in [0.1, 0.15) is 5.65 Å². The molecule has 0 amide bonds. The average Bonchev–Trinajstić information content (AvgIpc) is 2.86. The molecule has 2 aromatic heterocycles. The summed E-state index contributed by atoms with van der Waals surface area (Å²) in [6.45, 7) is 3.21. The van der Waals surface area contributed by atoms with E-state index >= 15 is 0 Å². The topological polar surface area (TPSA) is 32.6 Å². The highest BCUT2D eigenvalue weighted by molar-refractivity contribution is 5.56. The normalized spacial score (nSPS) is 22.6. The highest BCUT2D eigenvalue weighted by atomic mass is 15.2. The van der Waals surface area contributed by atoms with E-state index in [-0.39, 0.29) is 0 Å². The van der Waals surface area contributed by atoms with Crippen LogP contribution in [0.5, 0.6) is 0 Å². The fourth-order valence-electron chi connectivity index (χ4n) is 3.58. The van der Waals surface area contributed by atoms with E-state index in [0.29, 0.717) is 6.04 Å². The van der Waals surface area contributed by atoms with E-state index in [1.165, 1.54) is 31.4 Å². The lowest BCUT2D eigenvalue weighted by Crippen LogP contribution is -2.36. The van der Waals surface area contributed by atoms with Crippen molar-refractivity contribution in [3.05, 3.63) is 30.1 Å². The van der Waals surface area contributed by atoms with E-state index < -0.39 is 0 Å². The smallest absolute Gasteiger partial charge is 0.152 e. The molecule has 2 atom stereocenters. The summed E-state index contributed by atoms with van der Waals surface area (Å²) in [4.78, 5) is 7.29. The predicted molar refractivity (Wildman–Crippen MR) is 87.8 cm³/mol. The molecule has 2 aromatic rings. The number of rotatable bonds is 4. The van der Waals surface area contributed by atoms with Crippen molar-refractivity contribution in [2.75, 3.05) is 19.0 Å². The zero-order chi connectivity index (χ0) is 14.8. The Balaban J connectivity index is 1.96. The van der Waals surface area contributed by atoms with Crippen molar-refractivity contribution in [2.24, 2.45) is 5.92 Å². The first-order chi connectivity index (χ1) is 10.2. The number of anilines is 1. The molecular formula is C17H26N4. The molecule has 1 fully saturated rings. The lowest BCUT2D eigenvalue weighted by Gasteiger charge is -2.34. The molecule has 2 heterocycles. The highest BCUT2D eigenvalue weighted by Crippen LogP contribution is 2.31. The first-order valence-electron chi connectivity index (χ1n) is 8.04. The van der Waals surface area contributed by atoms with Crippen molar-refractivity contribution in [3.8, 4) is 0 Å². The first-order valence-corrected chi connectivity index (χ1v) is 8.04. The largest absolute Gasteiger partial charge is 0.355 e. The van der Waals surface area contributed by atoms with Crippen LogP contribution < -0.4 is 10.2 Å². The summed E-state index contributed by atoms with van der Waals surface area (Å²) >= 11 is 0. The molecule has 2 unspecified atom stereocenters. The molecule has 4 heteroatoms. The average molecular weight is 286 g/mol. The summed E-state index contributed by atoms with van der Waals surface area (Å²) in [5, 5.41) is 3.28. The van der Waals surface area contributed by atoms with Crippen molar-refractivity contribution in [3.63, 3.8) is 0 Å². The number of hydrogen-bond donors (Lipinski definition) is 1. The molecule has 1 saturated carbocycles. The maximum atomic E-state index is 4.88. The number of nitrogens with zero attached hydrogens (tertiary/aromatic N) is 3. The Morgan fingerprint density at radius 3 is 3.00 bits per heavy atom. The maximum Gasteiger partial charge on any atom is 0.152 e. The van der Waals surface area contributed by atoms with Crippen LogP contribution in [0, 0.1) is 5.92 Å². The number of aromatic nitrogens is 2. The van der Waals surface area contributed by atoms with Gasteiger partial charge in [0.05, 0.1) is 5.69 Å². The van der Waals surface area contributed by atoms with Crippen molar-refractivity contribution in [1.82, 2.24) is 14.7 Å². The van der Waals surface area contributed by atoms with Gasteiger partial charge in [-0.2, -0.15) is 0 Å². The molecule has 0 saturated heterocycles. The number of fused-ring (bicyclic) bond motifs is 1. The van der Waals surface area contributed by atoms with E-state index in [2.05, 4.69) is 53.0 Å². The minimum Gasteiger partial charge on any atom is -0.355 e. The van der Waals surface area contributed by atoms with Gasteiger partial charge in [0.15, 0.2) is 5.82 Å². The van der Waals surface area contributed by atoms with Gasteiger partial charge in [0.25, 0.3) is 0 Å². The van der Waals surface area contributed by atoms with Crippen molar-refractivity contribution < 1.29 is 0 Å². The minimum atomic E-state index is 0.620. The summed E-state index contributed by atoms with van der Waals surface area (Å²) < 4.78 is 2.20. The predicted octanol–water partition coefficient (Wildman–Crippen LogP) is 3.07. The SMILES string of the molecule is CNCc1c(N(C)C2CCCC(C)C2)nc2ccccn12. The Morgan fingerprint density at radius 1 is 1.38 bits per heavy atom. The molecule has 1 aliphatic carbocycles. The standard InChI is InChI=1S/C17H26N4/c1-13-7-6-8-14(11-13)20(3)17-15(12-18-2)21-10-5-4-9-16(21)19-17/h4-5,9-10,13-14,18H,6-8,11-12H2,1-3H3. The number of pyridine rings is 1. The second-order valence-corrected chi connectivity index (χ2v) is 6.38. The van der Waals surface area contributed by atoms with Gasteiger partial charge in [-0.1, -0.05) is 25.8 Å². The second-order valence-electron chi connectivity index (χ2n) is 6.38. The van der Waals surface area contributed by atoms with Crippen LogP contribution in [0.3, 0.4) is 0 Å². The van der Waals surface area contributed by atoms with Crippen LogP contribution in [-0.4, -0.2) is 29.5 Å². The molecule has 1 aliphatic rings. The molecule has 21 heavy (non-hydrogen) atoms. The van der Waals surface area contributed by atoms with Gasteiger partial charge in [-0.25, -0.2) is 4.98 Å². The quantitative estimate of drug-likeness (QED) is 0.937. The van der Waals surface area contributed by atoms with Gasteiger partial charge < -0.3 is 14.6 Å². The molecule has 0 radical (unpaired) electrons. The Kier molecular flexibility index (Phi) is 4.15. The summed E-state index contributed by atoms with van der Waals surface area (Å²) in [5.74, 6) is 1.96. The fraction of sp³-hybridized carbons (Fsp3) is 0.588. The molecule has 1 N–H and O–H groups in total. The Labute approximate surface area is 127 Å². The molecule has 0 aromatic carbocycles. The van der Waals surface area contributed by atoms with Crippen LogP contribution in [0.15, 0.2) is 24.4 Å². The number of hydrogen-bond acceptors (Lipinski definition) is 3. The van der Waals surface area contributed by atoms with E-state index in [4.69, 9.17) is 4.98 Å². The van der Waals surface area contributed by atoms with Crippen LogP contribution >= 0.6 is 0 Å². The number of nitrogens with one attached hydrogen (secondary N) is 1. The van der Waals surface area contributed by atoms with Crippen LogP contribution in [0.1, 0.15) is 38.3 Å². The van der Waals surface area contributed by atoms with Gasteiger partial charge in [0.2, 0.25) is 0 Å². The number of imidazole rings is 1. The lowest BCUT2D eigenvalue weighted by atomic mass is 9.86. The third kappa shape index (κ3) is 2.77. The molecule has 3 rings (SSSR count). The summed E-state index contributed by atoms with van der Waals surface area (Å²) in [7, 11) is 4.21. The summed E-state index contributed by atoms with van der Waals surface area (Å²) in [6.07, 6.45) is 7.39. The fourth-order valence-corrected chi connectivity index (χ4v) is 3.58. The zero-order valence-electron chi connectivity index (χ0n) is 13.3. The lowest BCUT2D eigenvalue weighted by molar-refractivity contribution is 0.335. The van der Waals surface area contributed by atoms with Crippen LogP contribution in [-0.2, 0) is 6.54 Å². The van der Waals surface area contributed by atoms with Crippen molar-refractivity contribution in [2.45, 2.75) is 45.2 Å². The molecule has 114 valence electrons. The van der Waals surface area contributed by atoms with Crippen LogP contribution in [0.2, 0.25) is 0 Å². The molecule has 0 bridgehead atoms. The Bertz CT molecular complexity index is 604. The molecule has 4 nitrogen and oxygen atoms in total. The molecule has 0 spiro atoms. The van der Waals surface area contributed by atoms with E-state index in [0.717, 1.165) is 23.9 Å². The summed E-state index contributed by atoms with van der Waals surface area (Å²) in [5.41, 5.74) is 2.29.